The minimum Gasteiger partial charge on any atom is -0.543 e. The number of amides is 2. The Balaban J connectivity index is 1.35. The molecule has 3 N–H and O–H groups in total. The summed E-state index contributed by atoms with van der Waals surface area (Å²) in [5, 5.41) is 19.9. The summed E-state index contributed by atoms with van der Waals surface area (Å²) in [6.07, 6.45) is 4.29. The number of nitrogens with zero attached hydrogens (tertiary/aromatic N) is 4. The summed E-state index contributed by atoms with van der Waals surface area (Å²) in [6, 6.07) is -0.914. The van der Waals surface area contributed by atoms with Gasteiger partial charge in [0.25, 0.3) is 11.8 Å². The molecule has 4 heterocycles. The first-order chi connectivity index (χ1) is 17.4. The van der Waals surface area contributed by atoms with E-state index in [1.165, 1.54) is 33.7 Å². The summed E-state index contributed by atoms with van der Waals surface area (Å²) in [6.45, 7) is 2.35. The van der Waals surface area contributed by atoms with Gasteiger partial charge in [0, 0.05) is 23.1 Å². The highest BCUT2D eigenvalue weighted by Gasteiger charge is 2.53. The van der Waals surface area contributed by atoms with Gasteiger partial charge in [-0.05, 0) is 26.2 Å². The van der Waals surface area contributed by atoms with Crippen LogP contribution < -0.4 is 20.7 Å². The predicted molar refractivity (Wildman–Crippen MR) is 133 cm³/mol. The summed E-state index contributed by atoms with van der Waals surface area (Å²) in [5.74, 6) is -2.15. The zero-order chi connectivity index (χ0) is 25.4. The number of oxime groups is 1. The highest BCUT2D eigenvalue weighted by Crippen LogP contribution is 2.40. The van der Waals surface area contributed by atoms with Gasteiger partial charge in [-0.15, -0.1) is 23.1 Å². The second-order valence-electron chi connectivity index (χ2n) is 8.46. The molecule has 0 spiro atoms. The van der Waals surface area contributed by atoms with E-state index in [2.05, 4.69) is 20.0 Å². The summed E-state index contributed by atoms with van der Waals surface area (Å²) in [4.78, 5) is 49.9. The Labute approximate surface area is 219 Å². The molecule has 14 heteroatoms. The first-order valence-corrected chi connectivity index (χ1v) is 14.3. The number of thiazole rings is 2. The largest absolute Gasteiger partial charge is 0.543 e. The highest BCUT2D eigenvalue weighted by atomic mass is 32.2. The molecule has 0 radical (unpaired) electrons. The maximum Gasteiger partial charge on any atom is 0.276 e. The van der Waals surface area contributed by atoms with E-state index < -0.39 is 29.2 Å². The van der Waals surface area contributed by atoms with Crippen molar-refractivity contribution in [2.75, 3.05) is 18.1 Å². The third-order valence-corrected chi connectivity index (χ3v) is 9.31. The van der Waals surface area contributed by atoms with E-state index in [0.717, 1.165) is 30.6 Å². The average Bonchev–Trinajstić information content (AvgIpc) is 3.48. The van der Waals surface area contributed by atoms with Crippen molar-refractivity contribution in [3.05, 3.63) is 38.4 Å². The Morgan fingerprint density at radius 1 is 1.36 bits per heavy atom. The van der Waals surface area contributed by atoms with Gasteiger partial charge < -0.3 is 25.8 Å². The van der Waals surface area contributed by atoms with Gasteiger partial charge in [0.15, 0.2) is 23.1 Å². The number of nitrogen functional groups attached to an aromatic ring is 1. The van der Waals surface area contributed by atoms with Gasteiger partial charge in [-0.3, -0.25) is 14.5 Å². The summed E-state index contributed by atoms with van der Waals surface area (Å²) >= 11 is 4.25. The van der Waals surface area contributed by atoms with Crippen molar-refractivity contribution in [3.63, 3.8) is 0 Å². The van der Waals surface area contributed by atoms with E-state index in [0.29, 0.717) is 17.9 Å². The van der Waals surface area contributed by atoms with Gasteiger partial charge in [0.1, 0.15) is 23.7 Å². The van der Waals surface area contributed by atoms with Crippen molar-refractivity contribution in [2.24, 2.45) is 5.16 Å². The molecule has 2 aromatic heterocycles. The number of rotatable bonds is 8. The molecule has 1 aliphatic carbocycles. The lowest BCUT2D eigenvalue weighted by Gasteiger charge is -2.50. The quantitative estimate of drug-likeness (QED) is 0.199. The van der Waals surface area contributed by atoms with Crippen LogP contribution in [0.4, 0.5) is 5.13 Å². The van der Waals surface area contributed by atoms with Crippen LogP contribution in [0, 0.1) is 0 Å². The molecule has 190 valence electrons. The number of aliphatic carboxylic acids is 1. The highest BCUT2D eigenvalue weighted by molar-refractivity contribution is 8.00. The monoisotopic (exact) mass is 548 g/mol. The lowest BCUT2D eigenvalue weighted by atomic mass is 10.0. The van der Waals surface area contributed by atoms with Gasteiger partial charge in [0.05, 0.1) is 16.5 Å². The number of carboxylic acids is 1. The number of thioether (sulfide) groups is 1. The fourth-order valence-electron chi connectivity index (χ4n) is 4.55. The molecule has 3 aliphatic rings. The number of fused-ring (bicyclic) bond motifs is 2. The third kappa shape index (κ3) is 4.48. The Bertz CT molecular complexity index is 1280. The molecule has 2 aliphatic heterocycles. The number of hydrogen-bond donors (Lipinski definition) is 2. The second-order valence-corrected chi connectivity index (χ2v) is 11.4. The maximum absolute atomic E-state index is 13.1. The SMILES string of the molecule is CCO/N=C(\C(=O)N[C@@H]1C(=O)N2C(C(=O)[O-])=C(C[n+]3csc4c3CCCC4)CS[C@@H]12)c1csc(N)n1. The third-order valence-electron chi connectivity index (χ3n) is 6.21. The number of nitrogens with one attached hydrogen (secondary N) is 1. The number of aromatic nitrogens is 2. The van der Waals surface area contributed by atoms with E-state index in [4.69, 9.17) is 10.6 Å². The van der Waals surface area contributed by atoms with E-state index >= 15 is 0 Å². The topological polar surface area (TPSA) is 154 Å². The Morgan fingerprint density at radius 3 is 2.89 bits per heavy atom. The van der Waals surface area contributed by atoms with Crippen LogP contribution in [0.15, 0.2) is 27.3 Å². The van der Waals surface area contributed by atoms with Gasteiger partial charge >= 0.3 is 0 Å². The Hall–Kier alpha value is -2.97. The maximum atomic E-state index is 13.1. The normalized spacial score (nSPS) is 21.5. The number of aryl methyl sites for hydroxylation is 1. The number of anilines is 1. The summed E-state index contributed by atoms with van der Waals surface area (Å²) < 4.78 is 2.10. The molecule has 1 fully saturated rings. The van der Waals surface area contributed by atoms with Crippen LogP contribution in [0.3, 0.4) is 0 Å². The van der Waals surface area contributed by atoms with E-state index in [-0.39, 0.29) is 28.8 Å². The van der Waals surface area contributed by atoms with Gasteiger partial charge in [-0.25, -0.2) is 4.98 Å². The van der Waals surface area contributed by atoms with Crippen LogP contribution in [0.2, 0.25) is 0 Å². The van der Waals surface area contributed by atoms with Crippen molar-refractivity contribution >= 4 is 63.1 Å². The van der Waals surface area contributed by atoms with Gasteiger partial charge in [-0.1, -0.05) is 16.5 Å². The van der Waals surface area contributed by atoms with E-state index in [9.17, 15) is 19.5 Å². The smallest absolute Gasteiger partial charge is 0.276 e. The molecule has 0 unspecified atom stereocenters. The lowest BCUT2D eigenvalue weighted by molar-refractivity contribution is -0.692. The first kappa shape index (κ1) is 24.7. The van der Waals surface area contributed by atoms with Crippen LogP contribution in [0.25, 0.3) is 0 Å². The molecule has 0 saturated carbocycles. The number of nitrogens with two attached hydrogens (primary N) is 1. The zero-order valence-corrected chi connectivity index (χ0v) is 21.8. The standard InChI is InChI=1S/C22H24N6O5S3/c1-2-33-26-15(12-9-35-22(23)24-12)18(29)25-16-19(30)28-17(21(31)32)11(8-34-20(16)28)7-27-10-36-14-6-4-3-5-13(14)27/h9-10,16,20H,2-8H2,1H3,(H3-,23,24,25,29,31,32)/b26-15-/t16-,20+/m1/s1. The number of hydrogen-bond acceptors (Lipinski definition) is 11. The van der Waals surface area contributed by atoms with Gasteiger partial charge in [0.2, 0.25) is 5.51 Å². The number of carboxylic acid groups (broad SMARTS) is 1. The number of carbonyl (C=O) groups is 3. The van der Waals surface area contributed by atoms with Crippen LogP contribution in [0.1, 0.15) is 36.0 Å². The Kier molecular flexibility index (Phi) is 6.99. The molecule has 36 heavy (non-hydrogen) atoms. The molecule has 0 aromatic carbocycles. The average molecular weight is 549 g/mol. The minimum atomic E-state index is -1.39. The first-order valence-electron chi connectivity index (χ1n) is 11.5. The van der Waals surface area contributed by atoms with Crippen molar-refractivity contribution in [1.82, 2.24) is 15.2 Å². The van der Waals surface area contributed by atoms with Crippen molar-refractivity contribution in [2.45, 2.75) is 50.6 Å². The molecule has 2 aromatic rings. The fourth-order valence-corrected chi connectivity index (χ4v) is 7.51. The van der Waals surface area contributed by atoms with Crippen LogP contribution in [0.5, 0.6) is 0 Å². The van der Waals surface area contributed by atoms with Crippen molar-refractivity contribution < 1.29 is 28.9 Å². The van der Waals surface area contributed by atoms with Crippen molar-refractivity contribution in [3.8, 4) is 0 Å². The number of β-lactam (4-membered cyclic amide) rings is 1. The van der Waals surface area contributed by atoms with Crippen LogP contribution in [-0.2, 0) is 38.6 Å². The molecule has 5 rings (SSSR count). The molecule has 1 saturated heterocycles. The van der Waals surface area contributed by atoms with E-state index in [1.54, 1.807) is 23.6 Å². The molecular weight excluding hydrogens is 524 g/mol. The van der Waals surface area contributed by atoms with Crippen LogP contribution >= 0.6 is 34.4 Å². The predicted octanol–water partition coefficient (Wildman–Crippen LogP) is -0.202. The van der Waals surface area contributed by atoms with Gasteiger partial charge in [-0.2, -0.15) is 4.57 Å². The number of carbonyl (C=O) groups excluding carboxylic acids is 3. The van der Waals surface area contributed by atoms with E-state index in [1.807, 2.05) is 5.51 Å². The molecule has 2 atom stereocenters. The fraction of sp³-hybridized carbons (Fsp3) is 0.455. The summed E-state index contributed by atoms with van der Waals surface area (Å²) in [7, 11) is 0. The summed E-state index contributed by atoms with van der Waals surface area (Å²) in [5.41, 5.74) is 9.60. The molecular formula is C22H24N6O5S3. The minimum absolute atomic E-state index is 0.104. The van der Waals surface area contributed by atoms with Crippen molar-refractivity contribution in [1.29, 1.82) is 0 Å². The van der Waals surface area contributed by atoms with Crippen LogP contribution in [-0.4, -0.2) is 57.2 Å². The Morgan fingerprint density at radius 2 is 2.17 bits per heavy atom. The molecule has 11 nitrogen and oxygen atoms in total. The zero-order valence-electron chi connectivity index (χ0n) is 19.4. The second kappa shape index (κ2) is 10.2. The molecule has 0 bridgehead atoms. The lowest BCUT2D eigenvalue weighted by Crippen LogP contribution is -2.71. The molecule has 2 amide bonds.